The van der Waals surface area contributed by atoms with Crippen LogP contribution in [0.5, 0.6) is 5.75 Å². The third-order valence-corrected chi connectivity index (χ3v) is 6.17. The Morgan fingerprint density at radius 3 is 2.95 bits per heavy atom. The number of nitrogens with zero attached hydrogens (tertiary/aromatic N) is 3. The van der Waals surface area contributed by atoms with Gasteiger partial charge in [-0.05, 0) is 19.2 Å². The van der Waals surface area contributed by atoms with Crippen LogP contribution < -0.4 is 0 Å². The molecule has 8 heteroatoms. The molecule has 0 amide bonds. The molecule has 1 unspecified atom stereocenters. The molecular formula is C13H15N3O3S2. The summed E-state index contributed by atoms with van der Waals surface area (Å²) in [6, 6.07) is 2.84. The lowest BCUT2D eigenvalue weighted by molar-refractivity contribution is -0.141. The molecule has 2 N–H and O–H groups in total. The Bertz CT molecular complexity index is 596. The zero-order chi connectivity index (χ0) is 15.0. The molecule has 0 aliphatic carbocycles. The molecule has 1 fully saturated rings. The summed E-state index contributed by atoms with van der Waals surface area (Å²) < 4.78 is 0. The Labute approximate surface area is 130 Å². The Hall–Kier alpha value is -1.25. The van der Waals surface area contributed by atoms with E-state index in [4.69, 9.17) is 0 Å². The second kappa shape index (κ2) is 5.86. The lowest BCUT2D eigenvalue weighted by atomic mass is 10.2. The molecule has 3 rings (SSSR count). The van der Waals surface area contributed by atoms with E-state index in [9.17, 15) is 15.0 Å². The van der Waals surface area contributed by atoms with Crippen LogP contribution in [-0.4, -0.2) is 67.1 Å². The maximum Gasteiger partial charge on any atom is 0.321 e. The number of aliphatic carboxylic acids is 1. The monoisotopic (exact) mass is 325 g/mol. The smallest absolute Gasteiger partial charge is 0.321 e. The first-order valence-electron chi connectivity index (χ1n) is 6.49. The highest BCUT2D eigenvalue weighted by atomic mass is 32.2. The first kappa shape index (κ1) is 14.7. The van der Waals surface area contributed by atoms with Gasteiger partial charge in [-0.2, -0.15) is 0 Å². The lowest BCUT2D eigenvalue weighted by Crippen LogP contribution is -2.42. The summed E-state index contributed by atoms with van der Waals surface area (Å²) in [4.78, 5) is 21.9. The minimum Gasteiger partial charge on any atom is -0.506 e. The largest absolute Gasteiger partial charge is 0.506 e. The van der Waals surface area contributed by atoms with Crippen LogP contribution in [0, 0.1) is 0 Å². The molecule has 3 heterocycles. The van der Waals surface area contributed by atoms with E-state index in [0.29, 0.717) is 11.4 Å². The maximum atomic E-state index is 11.2. The third-order valence-electron chi connectivity index (χ3n) is 3.59. The van der Waals surface area contributed by atoms with Gasteiger partial charge in [0.15, 0.2) is 0 Å². The van der Waals surface area contributed by atoms with Gasteiger partial charge in [0, 0.05) is 17.7 Å². The Balaban J connectivity index is 1.78. The highest BCUT2D eigenvalue weighted by Gasteiger charge is 2.41. The fraction of sp³-hybridized carbons (Fsp3) is 0.462. The topological polar surface area (TPSA) is 86.0 Å². The number of likely N-dealkylation sites (N-methyl/N-ethyl adjacent to an activating group) is 1. The Kier molecular flexibility index (Phi) is 4.10. The number of carboxylic acids is 1. The van der Waals surface area contributed by atoms with Crippen LogP contribution in [0.25, 0.3) is 0 Å². The van der Waals surface area contributed by atoms with Crippen LogP contribution in [0.2, 0.25) is 0 Å². The van der Waals surface area contributed by atoms with Crippen molar-refractivity contribution in [2.45, 2.75) is 17.5 Å². The van der Waals surface area contributed by atoms with E-state index in [-0.39, 0.29) is 17.2 Å². The second-order valence-corrected chi connectivity index (χ2v) is 7.09. The van der Waals surface area contributed by atoms with Gasteiger partial charge in [-0.1, -0.05) is 0 Å². The maximum absolute atomic E-state index is 11.2. The fourth-order valence-electron chi connectivity index (χ4n) is 2.46. The molecule has 112 valence electrons. The van der Waals surface area contributed by atoms with Gasteiger partial charge in [0.05, 0.1) is 11.4 Å². The van der Waals surface area contributed by atoms with E-state index in [2.05, 4.69) is 9.98 Å². The van der Waals surface area contributed by atoms with Crippen molar-refractivity contribution in [1.82, 2.24) is 9.88 Å². The van der Waals surface area contributed by atoms with Crippen molar-refractivity contribution in [1.29, 1.82) is 0 Å². The number of hydrogen-bond acceptors (Lipinski definition) is 7. The van der Waals surface area contributed by atoms with Crippen LogP contribution in [-0.2, 0) is 4.79 Å². The molecule has 0 spiro atoms. The van der Waals surface area contributed by atoms with Crippen LogP contribution in [0.3, 0.4) is 0 Å². The predicted octanol–water partition coefficient (Wildman–Crippen LogP) is 1.11. The summed E-state index contributed by atoms with van der Waals surface area (Å²) in [6.07, 6.45) is 1.63. The summed E-state index contributed by atoms with van der Waals surface area (Å²) in [6.45, 7) is 0. The van der Waals surface area contributed by atoms with Gasteiger partial charge in [-0.25, -0.2) is 0 Å². The minimum absolute atomic E-state index is 0.0192. The van der Waals surface area contributed by atoms with Crippen LogP contribution in [0.1, 0.15) is 5.69 Å². The molecule has 1 aromatic rings. The second-order valence-electron chi connectivity index (χ2n) is 4.93. The molecule has 21 heavy (non-hydrogen) atoms. The highest BCUT2D eigenvalue weighted by Crippen LogP contribution is 2.37. The van der Waals surface area contributed by atoms with Gasteiger partial charge in [-0.15, -0.1) is 23.5 Å². The number of thioether (sulfide) groups is 2. The van der Waals surface area contributed by atoms with Crippen molar-refractivity contribution in [2.24, 2.45) is 4.99 Å². The molecule has 1 aromatic heterocycles. The first-order chi connectivity index (χ1) is 10.1. The first-order valence-corrected chi connectivity index (χ1v) is 8.52. The molecule has 3 atom stereocenters. The van der Waals surface area contributed by atoms with Crippen molar-refractivity contribution in [2.75, 3.05) is 18.6 Å². The quantitative estimate of drug-likeness (QED) is 0.861. The molecule has 1 saturated heterocycles. The molecule has 0 radical (unpaired) electrons. The van der Waals surface area contributed by atoms with Crippen LogP contribution >= 0.6 is 23.5 Å². The summed E-state index contributed by atoms with van der Waals surface area (Å²) in [5.74, 6) is 0.696. The van der Waals surface area contributed by atoms with Gasteiger partial charge < -0.3 is 10.2 Å². The summed E-state index contributed by atoms with van der Waals surface area (Å²) >= 11 is 3.18. The van der Waals surface area contributed by atoms with Gasteiger partial charge in [0.1, 0.15) is 22.5 Å². The Morgan fingerprint density at radius 2 is 2.29 bits per heavy atom. The number of aliphatic imine (C=N–C) groups is 1. The zero-order valence-electron chi connectivity index (χ0n) is 11.3. The van der Waals surface area contributed by atoms with E-state index < -0.39 is 12.0 Å². The van der Waals surface area contributed by atoms with E-state index >= 15 is 0 Å². The van der Waals surface area contributed by atoms with Crippen molar-refractivity contribution in [3.63, 3.8) is 0 Å². The molecule has 6 nitrogen and oxygen atoms in total. The van der Waals surface area contributed by atoms with Crippen LogP contribution in [0.4, 0.5) is 0 Å². The molecular weight excluding hydrogens is 310 g/mol. The molecule has 0 bridgehead atoms. The van der Waals surface area contributed by atoms with E-state index in [1.165, 1.54) is 0 Å². The minimum atomic E-state index is -0.787. The summed E-state index contributed by atoms with van der Waals surface area (Å²) in [5, 5.41) is 19.8. The predicted molar refractivity (Wildman–Crippen MR) is 84.1 cm³/mol. The van der Waals surface area contributed by atoms with Gasteiger partial charge in [0.25, 0.3) is 0 Å². The van der Waals surface area contributed by atoms with Crippen LogP contribution in [0.15, 0.2) is 23.3 Å². The van der Waals surface area contributed by atoms with Crippen molar-refractivity contribution in [3.8, 4) is 5.75 Å². The molecule has 2 aliphatic rings. The van der Waals surface area contributed by atoms with Gasteiger partial charge >= 0.3 is 5.97 Å². The molecule has 2 aliphatic heterocycles. The number of aromatic nitrogens is 1. The number of rotatable bonds is 3. The Morgan fingerprint density at radius 1 is 1.48 bits per heavy atom. The number of carbonyl (C=O) groups is 1. The molecule has 0 saturated carbocycles. The normalized spacial score (nSPS) is 29.6. The standard InChI is InChI=1S/C13H15N3O3S2/c1-16-8(13(18)19)6-21-12(16)7-5-20-11(15-7)10-9(17)3-2-4-14-10/h2-4,7-8,12,17H,5-6H2,1H3,(H,18,19)/t7?,8-,12+/m1/s1. The lowest BCUT2D eigenvalue weighted by Gasteiger charge is -2.24. The number of aromatic hydroxyl groups is 1. The van der Waals surface area contributed by atoms with E-state index in [1.807, 2.05) is 11.9 Å². The SMILES string of the molecule is CN1[C@@H](C(=O)O)CS[C@H]1C1CSC(c2ncccc2O)=N1. The third kappa shape index (κ3) is 2.75. The van der Waals surface area contributed by atoms with E-state index in [1.54, 1.807) is 41.9 Å². The molecule has 0 aromatic carbocycles. The summed E-state index contributed by atoms with van der Waals surface area (Å²) in [5.41, 5.74) is 0.505. The van der Waals surface area contributed by atoms with Crippen molar-refractivity contribution >= 4 is 34.5 Å². The van der Waals surface area contributed by atoms with Crippen molar-refractivity contribution < 1.29 is 15.0 Å². The van der Waals surface area contributed by atoms with E-state index in [0.717, 1.165) is 10.8 Å². The number of hydrogen-bond donors (Lipinski definition) is 2. The average Bonchev–Trinajstić information content (AvgIpc) is 3.05. The fourth-order valence-corrected chi connectivity index (χ4v) is 5.19. The number of carboxylic acid groups (broad SMARTS) is 1. The zero-order valence-corrected chi connectivity index (χ0v) is 13.0. The van der Waals surface area contributed by atoms with Crippen molar-refractivity contribution in [3.05, 3.63) is 24.0 Å². The average molecular weight is 325 g/mol. The van der Waals surface area contributed by atoms with Gasteiger partial charge in [-0.3, -0.25) is 19.7 Å². The highest BCUT2D eigenvalue weighted by molar-refractivity contribution is 8.14. The summed E-state index contributed by atoms with van der Waals surface area (Å²) in [7, 11) is 1.83. The van der Waals surface area contributed by atoms with Gasteiger partial charge in [0.2, 0.25) is 0 Å². The number of pyridine rings is 1.